The molecule has 0 aliphatic carbocycles. The zero-order chi connectivity index (χ0) is 23.2. The lowest BCUT2D eigenvalue weighted by molar-refractivity contribution is -0.137. The normalized spacial score (nSPS) is 22.1. The van der Waals surface area contributed by atoms with Gasteiger partial charge in [0.2, 0.25) is 5.91 Å². The van der Waals surface area contributed by atoms with Crippen molar-refractivity contribution in [3.8, 4) is 0 Å². The second-order valence-corrected chi connectivity index (χ2v) is 11.2. The molecule has 4 rings (SSSR count). The molecule has 2 aliphatic rings. The van der Waals surface area contributed by atoms with E-state index in [0.717, 1.165) is 73.1 Å². The molecule has 7 heteroatoms. The Hall–Kier alpha value is -1.99. The van der Waals surface area contributed by atoms with Gasteiger partial charge in [0.25, 0.3) is 5.91 Å². The third-order valence-corrected chi connectivity index (χ3v) is 8.49. The molecule has 0 aromatic carbocycles. The Balaban J connectivity index is 1.09. The van der Waals surface area contributed by atoms with Crippen LogP contribution in [0.4, 0.5) is 0 Å². The first kappa shape index (κ1) is 24.1. The van der Waals surface area contributed by atoms with Crippen LogP contribution < -0.4 is 10.6 Å². The van der Waals surface area contributed by atoms with Crippen molar-refractivity contribution in [3.05, 3.63) is 29.4 Å². The fraction of sp³-hybridized carbons (Fsp3) is 0.654. The van der Waals surface area contributed by atoms with E-state index in [1.165, 1.54) is 17.8 Å². The van der Waals surface area contributed by atoms with Crippen LogP contribution in [0, 0.1) is 17.8 Å². The first-order valence-electron chi connectivity index (χ1n) is 12.6. The van der Waals surface area contributed by atoms with E-state index in [1.54, 1.807) is 6.20 Å². The van der Waals surface area contributed by atoms with E-state index in [9.17, 15) is 9.59 Å². The van der Waals surface area contributed by atoms with Gasteiger partial charge in [-0.3, -0.25) is 14.6 Å². The molecule has 4 heterocycles. The second kappa shape index (κ2) is 11.4. The fourth-order valence-electron chi connectivity index (χ4n) is 5.20. The van der Waals surface area contributed by atoms with Crippen molar-refractivity contribution in [2.45, 2.75) is 64.8 Å². The number of piperidine rings is 2. The van der Waals surface area contributed by atoms with E-state index in [2.05, 4.69) is 34.4 Å². The molecule has 0 saturated carbocycles. The molecule has 2 aromatic rings. The zero-order valence-corrected chi connectivity index (χ0v) is 20.8. The summed E-state index contributed by atoms with van der Waals surface area (Å²) >= 11 is 1.50. The van der Waals surface area contributed by atoms with Gasteiger partial charge in [-0.05, 0) is 61.5 Å². The van der Waals surface area contributed by atoms with Crippen molar-refractivity contribution >= 4 is 33.2 Å². The predicted octanol–water partition coefficient (Wildman–Crippen LogP) is 4.46. The molecule has 180 valence electrons. The van der Waals surface area contributed by atoms with Gasteiger partial charge < -0.3 is 15.5 Å². The highest BCUT2D eigenvalue weighted by Crippen LogP contribution is 2.27. The maximum atomic E-state index is 12.9. The summed E-state index contributed by atoms with van der Waals surface area (Å²) in [6.07, 6.45) is 11.2. The summed E-state index contributed by atoms with van der Waals surface area (Å²) in [5.74, 6) is 1.88. The number of carbonyl (C=O) groups excluding carboxylic acids is 2. The Bertz CT molecular complexity index is 894. The predicted molar refractivity (Wildman–Crippen MR) is 134 cm³/mol. The SMILES string of the molecule is CC(C)C1CCC(C(=O)N2CCC(CCCCNC(=O)c3cc4ccncc4s3)CC2)CN1. The van der Waals surface area contributed by atoms with Crippen LogP contribution in [-0.2, 0) is 4.79 Å². The lowest BCUT2D eigenvalue weighted by atomic mass is 9.87. The molecular weight excluding hydrogens is 432 g/mol. The number of thiophene rings is 1. The van der Waals surface area contributed by atoms with Crippen LogP contribution in [0.2, 0.25) is 0 Å². The standard InChI is InChI=1S/C26H38N4O2S/c1-18(2)22-7-6-21(16-29-22)26(32)30-13-9-19(10-14-30)5-3-4-11-28-25(31)23-15-20-8-12-27-17-24(20)33-23/h8,12,15,17-19,21-22,29H,3-7,9-11,13-14,16H2,1-2H3,(H,28,31). The minimum absolute atomic E-state index is 0.0138. The van der Waals surface area contributed by atoms with Crippen LogP contribution in [0.3, 0.4) is 0 Å². The molecule has 6 nitrogen and oxygen atoms in total. The molecule has 0 bridgehead atoms. The second-order valence-electron chi connectivity index (χ2n) is 10.1. The summed E-state index contributed by atoms with van der Waals surface area (Å²) in [5, 5.41) is 7.71. The molecule has 2 unspecified atom stereocenters. The van der Waals surface area contributed by atoms with Gasteiger partial charge in [-0.1, -0.05) is 26.7 Å². The number of likely N-dealkylation sites (tertiary alicyclic amines) is 1. The lowest BCUT2D eigenvalue weighted by Crippen LogP contribution is -2.49. The van der Waals surface area contributed by atoms with Crippen molar-refractivity contribution in [2.75, 3.05) is 26.2 Å². The quantitative estimate of drug-likeness (QED) is 0.559. The van der Waals surface area contributed by atoms with Crippen molar-refractivity contribution in [1.82, 2.24) is 20.5 Å². The molecule has 2 atom stereocenters. The van der Waals surface area contributed by atoms with Crippen molar-refractivity contribution < 1.29 is 9.59 Å². The molecule has 0 radical (unpaired) electrons. The lowest BCUT2D eigenvalue weighted by Gasteiger charge is -2.37. The van der Waals surface area contributed by atoms with Crippen LogP contribution in [-0.4, -0.2) is 53.9 Å². The number of unbranched alkanes of at least 4 members (excludes halogenated alkanes) is 1. The fourth-order valence-corrected chi connectivity index (χ4v) is 6.15. The number of hydrogen-bond acceptors (Lipinski definition) is 5. The number of carbonyl (C=O) groups is 2. The van der Waals surface area contributed by atoms with E-state index in [4.69, 9.17) is 0 Å². The van der Waals surface area contributed by atoms with E-state index in [1.807, 2.05) is 18.3 Å². The summed E-state index contributed by atoms with van der Waals surface area (Å²) in [7, 11) is 0. The third-order valence-electron chi connectivity index (χ3n) is 7.40. The van der Waals surface area contributed by atoms with Gasteiger partial charge >= 0.3 is 0 Å². The largest absolute Gasteiger partial charge is 0.351 e. The highest BCUT2D eigenvalue weighted by molar-refractivity contribution is 7.20. The van der Waals surface area contributed by atoms with E-state index in [-0.39, 0.29) is 11.8 Å². The van der Waals surface area contributed by atoms with Gasteiger partial charge in [0.1, 0.15) is 0 Å². The smallest absolute Gasteiger partial charge is 0.261 e. The summed E-state index contributed by atoms with van der Waals surface area (Å²) in [5.41, 5.74) is 0. The van der Waals surface area contributed by atoms with E-state index >= 15 is 0 Å². The number of fused-ring (bicyclic) bond motifs is 1. The third kappa shape index (κ3) is 6.33. The van der Waals surface area contributed by atoms with Gasteiger partial charge in [0.15, 0.2) is 0 Å². The van der Waals surface area contributed by atoms with Gasteiger partial charge in [-0.15, -0.1) is 11.3 Å². The number of pyridine rings is 1. The Kier molecular flexibility index (Phi) is 8.36. The first-order valence-corrected chi connectivity index (χ1v) is 13.5. The molecule has 2 N–H and O–H groups in total. The number of aromatic nitrogens is 1. The Labute approximate surface area is 201 Å². The van der Waals surface area contributed by atoms with Crippen molar-refractivity contribution in [1.29, 1.82) is 0 Å². The average molecular weight is 471 g/mol. The minimum atomic E-state index is 0.0138. The molecule has 2 saturated heterocycles. The molecule has 0 spiro atoms. The van der Waals surface area contributed by atoms with Crippen molar-refractivity contribution in [2.24, 2.45) is 17.8 Å². The highest BCUT2D eigenvalue weighted by atomic mass is 32.1. The summed E-state index contributed by atoms with van der Waals surface area (Å²) in [6, 6.07) is 4.44. The summed E-state index contributed by atoms with van der Waals surface area (Å²) in [6.45, 7) is 7.88. The van der Waals surface area contributed by atoms with Gasteiger partial charge in [-0.2, -0.15) is 0 Å². The molecular formula is C26H38N4O2S. The Morgan fingerprint density at radius 1 is 1.21 bits per heavy atom. The Morgan fingerprint density at radius 3 is 2.73 bits per heavy atom. The van der Waals surface area contributed by atoms with Crippen LogP contribution in [0.15, 0.2) is 24.5 Å². The number of rotatable bonds is 8. The maximum absolute atomic E-state index is 12.9. The van der Waals surface area contributed by atoms with Crippen LogP contribution in [0.1, 0.15) is 68.5 Å². The van der Waals surface area contributed by atoms with Crippen molar-refractivity contribution in [3.63, 3.8) is 0 Å². The Morgan fingerprint density at radius 2 is 2.03 bits per heavy atom. The maximum Gasteiger partial charge on any atom is 0.261 e. The highest BCUT2D eigenvalue weighted by Gasteiger charge is 2.31. The summed E-state index contributed by atoms with van der Waals surface area (Å²) in [4.78, 5) is 32.3. The topological polar surface area (TPSA) is 74.3 Å². The van der Waals surface area contributed by atoms with Gasteiger partial charge in [-0.25, -0.2) is 0 Å². The van der Waals surface area contributed by atoms with Crippen LogP contribution >= 0.6 is 11.3 Å². The minimum Gasteiger partial charge on any atom is -0.351 e. The number of nitrogens with one attached hydrogen (secondary N) is 2. The monoisotopic (exact) mass is 470 g/mol. The summed E-state index contributed by atoms with van der Waals surface area (Å²) < 4.78 is 1.05. The molecule has 2 fully saturated rings. The van der Waals surface area contributed by atoms with Crippen LogP contribution in [0.5, 0.6) is 0 Å². The number of hydrogen-bond donors (Lipinski definition) is 2. The molecule has 33 heavy (non-hydrogen) atoms. The number of nitrogens with zero attached hydrogens (tertiary/aromatic N) is 2. The average Bonchev–Trinajstić information content (AvgIpc) is 3.28. The van der Waals surface area contributed by atoms with Gasteiger partial charge in [0, 0.05) is 44.6 Å². The zero-order valence-electron chi connectivity index (χ0n) is 20.0. The molecule has 2 aromatic heterocycles. The number of amides is 2. The molecule has 2 aliphatic heterocycles. The van der Waals surface area contributed by atoms with Gasteiger partial charge in [0.05, 0.1) is 15.5 Å². The molecule has 2 amide bonds. The van der Waals surface area contributed by atoms with Crippen LogP contribution in [0.25, 0.3) is 10.1 Å². The first-order chi connectivity index (χ1) is 16.0. The van der Waals surface area contributed by atoms with E-state index in [0.29, 0.717) is 30.3 Å². The van der Waals surface area contributed by atoms with E-state index < -0.39 is 0 Å².